The van der Waals surface area contributed by atoms with Gasteiger partial charge >= 0.3 is 0 Å². The molecule has 0 heterocycles. The van der Waals surface area contributed by atoms with Gasteiger partial charge in [-0.3, -0.25) is 0 Å². The highest BCUT2D eigenvalue weighted by atomic mass is 32.2. The van der Waals surface area contributed by atoms with E-state index in [4.69, 9.17) is 16.3 Å². The smallest absolute Gasteiger partial charge is 0.177 e. The van der Waals surface area contributed by atoms with Crippen LogP contribution in [0, 0.1) is 0 Å². The molecule has 0 aliphatic carbocycles. The van der Waals surface area contributed by atoms with E-state index >= 15 is 0 Å². The molecule has 0 saturated carbocycles. The normalized spacial score (nSPS) is 11.9. The second-order valence-electron chi connectivity index (χ2n) is 1.87. The van der Waals surface area contributed by atoms with E-state index in [1.807, 2.05) is 6.92 Å². The number of hydrazone groups is 1. The van der Waals surface area contributed by atoms with E-state index in [2.05, 4.69) is 5.10 Å². The van der Waals surface area contributed by atoms with Crippen LogP contribution < -0.4 is 11.6 Å². The van der Waals surface area contributed by atoms with Crippen molar-refractivity contribution in [1.29, 1.82) is 0 Å². The minimum atomic E-state index is 0.432. The summed E-state index contributed by atoms with van der Waals surface area (Å²) in [4.78, 5) is 0. The predicted octanol–water partition coefficient (Wildman–Crippen LogP) is 0.335. The van der Waals surface area contributed by atoms with E-state index in [-0.39, 0.29) is 0 Å². The predicted molar refractivity (Wildman–Crippen MR) is 49.4 cm³/mol. The third-order valence-electron chi connectivity index (χ3n) is 1.01. The molecule has 0 radical (unpaired) electrons. The van der Waals surface area contributed by atoms with Crippen molar-refractivity contribution in [3.8, 4) is 0 Å². The van der Waals surface area contributed by atoms with Crippen molar-refractivity contribution < 1.29 is 4.74 Å². The average Bonchev–Trinajstić information content (AvgIpc) is 2.04. The Morgan fingerprint density at radius 2 is 2.36 bits per heavy atom. The first-order chi connectivity index (χ1) is 5.31. The van der Waals surface area contributed by atoms with Crippen LogP contribution in [0.3, 0.4) is 0 Å². The molecule has 4 nitrogen and oxygen atoms in total. The lowest BCUT2D eigenvalue weighted by atomic mass is 10.5. The Morgan fingerprint density at radius 1 is 1.64 bits per heavy atom. The van der Waals surface area contributed by atoms with Crippen LogP contribution in [0.5, 0.6) is 0 Å². The van der Waals surface area contributed by atoms with Gasteiger partial charge < -0.3 is 16.3 Å². The Balaban J connectivity index is 3.02. The lowest BCUT2D eigenvalue weighted by Gasteiger charge is -1.99. The van der Waals surface area contributed by atoms with Crippen molar-refractivity contribution in [2.75, 3.05) is 19.0 Å². The summed E-state index contributed by atoms with van der Waals surface area (Å²) >= 11 is 1.45. The molecule has 0 aliphatic rings. The first-order valence-corrected chi connectivity index (χ1v) is 4.53. The van der Waals surface area contributed by atoms with Gasteiger partial charge in [0.1, 0.15) is 0 Å². The van der Waals surface area contributed by atoms with Crippen LogP contribution in [0.15, 0.2) is 5.10 Å². The molecule has 0 unspecified atom stereocenters. The summed E-state index contributed by atoms with van der Waals surface area (Å²) in [5.41, 5.74) is 5.33. The molecule has 0 spiro atoms. The van der Waals surface area contributed by atoms with Crippen molar-refractivity contribution in [3.63, 3.8) is 0 Å². The molecule has 0 aromatic rings. The standard InChI is InChI=1S/C6H15N3OS/c1-2-10-4-3-5-11-6(7)9-8/h2-5,8H2,1H3,(H2,7,9). The molecule has 0 atom stereocenters. The maximum atomic E-state index is 5.33. The molecule has 66 valence electrons. The van der Waals surface area contributed by atoms with E-state index in [9.17, 15) is 0 Å². The summed E-state index contributed by atoms with van der Waals surface area (Å²) in [7, 11) is 0. The lowest BCUT2D eigenvalue weighted by Crippen LogP contribution is -2.10. The summed E-state index contributed by atoms with van der Waals surface area (Å²) in [5.74, 6) is 5.83. The first kappa shape index (κ1) is 10.6. The second-order valence-corrected chi connectivity index (χ2v) is 2.98. The molecule has 11 heavy (non-hydrogen) atoms. The number of rotatable bonds is 5. The maximum Gasteiger partial charge on any atom is 0.177 e. The van der Waals surface area contributed by atoms with Crippen LogP contribution in [0.1, 0.15) is 13.3 Å². The van der Waals surface area contributed by atoms with Crippen LogP contribution >= 0.6 is 11.8 Å². The minimum absolute atomic E-state index is 0.432. The Bertz CT molecular complexity index is 118. The molecular formula is C6H15N3OS. The van der Waals surface area contributed by atoms with Crippen LogP contribution in [-0.2, 0) is 4.74 Å². The highest BCUT2D eigenvalue weighted by Gasteiger charge is 1.92. The molecule has 0 amide bonds. The Labute approximate surface area is 71.3 Å². The molecule has 4 N–H and O–H groups in total. The largest absolute Gasteiger partial charge is 0.382 e. The Morgan fingerprint density at radius 3 is 2.91 bits per heavy atom. The lowest BCUT2D eigenvalue weighted by molar-refractivity contribution is 0.149. The summed E-state index contributed by atoms with van der Waals surface area (Å²) in [5, 5.41) is 3.75. The molecule has 0 rings (SSSR count). The van der Waals surface area contributed by atoms with Crippen molar-refractivity contribution in [2.45, 2.75) is 13.3 Å². The third-order valence-corrected chi connectivity index (χ3v) is 1.91. The van der Waals surface area contributed by atoms with E-state index in [0.29, 0.717) is 5.17 Å². The summed E-state index contributed by atoms with van der Waals surface area (Å²) in [6, 6.07) is 0. The zero-order chi connectivity index (χ0) is 8.53. The van der Waals surface area contributed by atoms with Gasteiger partial charge in [-0.2, -0.15) is 5.10 Å². The molecule has 0 saturated heterocycles. The Kier molecular flexibility index (Phi) is 7.39. The van der Waals surface area contributed by atoms with Gasteiger partial charge in [-0.15, -0.1) is 0 Å². The fraction of sp³-hybridized carbons (Fsp3) is 0.833. The number of nitrogens with two attached hydrogens (primary N) is 2. The van der Waals surface area contributed by atoms with Gasteiger partial charge in [0.2, 0.25) is 0 Å². The van der Waals surface area contributed by atoms with Crippen molar-refractivity contribution >= 4 is 16.9 Å². The molecule has 0 bridgehead atoms. The third kappa shape index (κ3) is 7.48. The van der Waals surface area contributed by atoms with Crippen LogP contribution in [0.2, 0.25) is 0 Å². The van der Waals surface area contributed by atoms with Gasteiger partial charge in [0, 0.05) is 19.0 Å². The topological polar surface area (TPSA) is 73.6 Å². The van der Waals surface area contributed by atoms with Gasteiger partial charge in [-0.05, 0) is 13.3 Å². The molecular weight excluding hydrogens is 162 g/mol. The van der Waals surface area contributed by atoms with Crippen molar-refractivity contribution in [3.05, 3.63) is 0 Å². The van der Waals surface area contributed by atoms with Crippen LogP contribution in [0.4, 0.5) is 0 Å². The number of amidine groups is 1. The van der Waals surface area contributed by atoms with Crippen molar-refractivity contribution in [2.24, 2.45) is 16.7 Å². The number of hydrogen-bond donors (Lipinski definition) is 2. The Hall–Kier alpha value is -0.420. The fourth-order valence-electron chi connectivity index (χ4n) is 0.519. The molecule has 0 aromatic carbocycles. The SMILES string of the molecule is CCOCCCSC(N)=NN. The summed E-state index contributed by atoms with van der Waals surface area (Å²) in [6.07, 6.45) is 0.981. The monoisotopic (exact) mass is 177 g/mol. The van der Waals surface area contributed by atoms with Crippen LogP contribution in [-0.4, -0.2) is 24.1 Å². The zero-order valence-corrected chi connectivity index (χ0v) is 7.56. The number of ether oxygens (including phenoxy) is 1. The molecule has 0 fully saturated rings. The van der Waals surface area contributed by atoms with E-state index < -0.39 is 0 Å². The first-order valence-electron chi connectivity index (χ1n) is 3.55. The average molecular weight is 177 g/mol. The summed E-state index contributed by atoms with van der Waals surface area (Å²) < 4.78 is 5.12. The zero-order valence-electron chi connectivity index (χ0n) is 6.75. The number of nitrogens with zero attached hydrogens (tertiary/aromatic N) is 1. The van der Waals surface area contributed by atoms with Crippen molar-refractivity contribution in [1.82, 2.24) is 0 Å². The van der Waals surface area contributed by atoms with Gasteiger partial charge in [0.05, 0.1) is 0 Å². The number of hydrogen-bond acceptors (Lipinski definition) is 4. The van der Waals surface area contributed by atoms with Gasteiger partial charge in [-0.25, -0.2) is 0 Å². The second kappa shape index (κ2) is 7.68. The van der Waals surface area contributed by atoms with E-state index in [1.54, 1.807) is 0 Å². The number of thioether (sulfide) groups is 1. The summed E-state index contributed by atoms with van der Waals surface area (Å²) in [6.45, 7) is 3.52. The highest BCUT2D eigenvalue weighted by molar-refractivity contribution is 8.13. The molecule has 5 heteroatoms. The van der Waals surface area contributed by atoms with E-state index in [1.165, 1.54) is 11.8 Å². The van der Waals surface area contributed by atoms with Gasteiger partial charge in [0.15, 0.2) is 5.17 Å². The molecule has 0 aliphatic heterocycles. The van der Waals surface area contributed by atoms with Gasteiger partial charge in [0.25, 0.3) is 0 Å². The quantitative estimate of drug-likeness (QED) is 0.209. The molecule has 0 aromatic heterocycles. The fourth-order valence-corrected chi connectivity index (χ4v) is 1.07. The maximum absolute atomic E-state index is 5.33. The highest BCUT2D eigenvalue weighted by Crippen LogP contribution is 2.00. The van der Waals surface area contributed by atoms with Crippen LogP contribution in [0.25, 0.3) is 0 Å². The van der Waals surface area contributed by atoms with Gasteiger partial charge in [-0.1, -0.05) is 11.8 Å². The minimum Gasteiger partial charge on any atom is -0.382 e. The van der Waals surface area contributed by atoms with E-state index in [0.717, 1.165) is 25.4 Å².